The zero-order valence-corrected chi connectivity index (χ0v) is 12.7. The molecule has 0 unspecified atom stereocenters. The molecule has 1 amide bonds. The minimum Gasteiger partial charge on any atom is -0.494 e. The maximum absolute atomic E-state index is 11.8. The van der Waals surface area contributed by atoms with E-state index in [0.717, 1.165) is 29.8 Å². The third kappa shape index (κ3) is 4.77. The molecule has 2 aromatic rings. The molecule has 3 N–H and O–H groups in total. The van der Waals surface area contributed by atoms with Crippen LogP contribution in [0.5, 0.6) is 5.75 Å². The van der Waals surface area contributed by atoms with Gasteiger partial charge in [-0.1, -0.05) is 0 Å². The summed E-state index contributed by atoms with van der Waals surface area (Å²) < 4.78 is 5.66. The van der Waals surface area contributed by atoms with Crippen molar-refractivity contribution in [3.63, 3.8) is 0 Å². The number of nitrogens with one attached hydrogen (secondary N) is 1. The Labute approximate surface area is 130 Å². The number of benzene rings is 1. The average molecular weight is 299 g/mol. The predicted molar refractivity (Wildman–Crippen MR) is 86.9 cm³/mol. The molecule has 0 aliphatic rings. The Morgan fingerprint density at radius 1 is 1.23 bits per heavy atom. The fourth-order valence-electron chi connectivity index (χ4n) is 1.96. The molecule has 0 fully saturated rings. The first kappa shape index (κ1) is 15.8. The smallest absolute Gasteiger partial charge is 0.251 e. The Hall–Kier alpha value is -2.56. The molecule has 2 rings (SSSR count). The van der Waals surface area contributed by atoms with Crippen LogP contribution in [0.2, 0.25) is 0 Å². The Bertz CT molecular complexity index is 615. The van der Waals surface area contributed by atoms with E-state index >= 15 is 0 Å². The quantitative estimate of drug-likeness (QED) is 0.608. The minimum absolute atomic E-state index is 0.0718. The van der Waals surface area contributed by atoms with Crippen LogP contribution in [-0.2, 0) is 0 Å². The molecule has 1 aromatic carbocycles. The van der Waals surface area contributed by atoms with Crippen LogP contribution < -0.4 is 15.8 Å². The van der Waals surface area contributed by atoms with Gasteiger partial charge in [-0.2, -0.15) is 0 Å². The number of rotatable bonds is 7. The number of nitrogen functional groups attached to an aromatic ring is 1. The van der Waals surface area contributed by atoms with Gasteiger partial charge in [0.05, 0.1) is 6.61 Å². The summed E-state index contributed by atoms with van der Waals surface area (Å²) >= 11 is 0. The number of aryl methyl sites for hydroxylation is 1. The van der Waals surface area contributed by atoms with Gasteiger partial charge >= 0.3 is 0 Å². The number of pyridine rings is 1. The second-order valence-corrected chi connectivity index (χ2v) is 5.07. The molecule has 1 heterocycles. The summed E-state index contributed by atoms with van der Waals surface area (Å²) in [6.07, 6.45) is 4.96. The molecule has 0 radical (unpaired) electrons. The lowest BCUT2D eigenvalue weighted by molar-refractivity contribution is 0.0952. The van der Waals surface area contributed by atoms with E-state index in [2.05, 4.69) is 10.3 Å². The third-order valence-corrected chi connectivity index (χ3v) is 3.31. The number of hydrogen-bond donors (Lipinski definition) is 2. The van der Waals surface area contributed by atoms with E-state index in [1.165, 1.54) is 0 Å². The molecular formula is C17H21N3O2. The van der Waals surface area contributed by atoms with Crippen molar-refractivity contribution in [3.8, 4) is 5.75 Å². The summed E-state index contributed by atoms with van der Waals surface area (Å²) in [5, 5.41) is 2.88. The topological polar surface area (TPSA) is 77.2 Å². The normalized spacial score (nSPS) is 10.2. The first-order chi connectivity index (χ1) is 10.7. The SMILES string of the molecule is Cc1cc(OCCCCNC(=O)c2ccncc2)ccc1N. The molecule has 0 aliphatic carbocycles. The number of carbonyl (C=O) groups is 1. The highest BCUT2D eigenvalue weighted by Crippen LogP contribution is 2.18. The van der Waals surface area contributed by atoms with E-state index in [-0.39, 0.29) is 5.91 Å². The zero-order valence-electron chi connectivity index (χ0n) is 12.7. The van der Waals surface area contributed by atoms with Gasteiger partial charge < -0.3 is 15.8 Å². The van der Waals surface area contributed by atoms with Gasteiger partial charge in [-0.05, 0) is 55.7 Å². The zero-order chi connectivity index (χ0) is 15.8. The third-order valence-electron chi connectivity index (χ3n) is 3.31. The van der Waals surface area contributed by atoms with Crippen LogP contribution >= 0.6 is 0 Å². The number of aromatic nitrogens is 1. The largest absolute Gasteiger partial charge is 0.494 e. The monoisotopic (exact) mass is 299 g/mol. The van der Waals surface area contributed by atoms with Crippen LogP contribution in [0, 0.1) is 6.92 Å². The van der Waals surface area contributed by atoms with Crippen molar-refractivity contribution < 1.29 is 9.53 Å². The van der Waals surface area contributed by atoms with Crippen LogP contribution in [0.1, 0.15) is 28.8 Å². The molecule has 0 spiro atoms. The number of hydrogen-bond acceptors (Lipinski definition) is 4. The maximum atomic E-state index is 11.8. The number of ether oxygens (including phenoxy) is 1. The molecule has 0 aliphatic heterocycles. The molecule has 116 valence electrons. The number of carbonyl (C=O) groups excluding carboxylic acids is 1. The van der Waals surface area contributed by atoms with Crippen LogP contribution in [0.4, 0.5) is 5.69 Å². The van der Waals surface area contributed by atoms with Crippen molar-refractivity contribution in [1.82, 2.24) is 10.3 Å². The first-order valence-electron chi connectivity index (χ1n) is 7.34. The van der Waals surface area contributed by atoms with Crippen LogP contribution in [-0.4, -0.2) is 24.0 Å². The number of anilines is 1. The number of unbranched alkanes of at least 4 members (excludes halogenated alkanes) is 1. The van der Waals surface area contributed by atoms with Gasteiger partial charge in [0.1, 0.15) is 5.75 Å². The van der Waals surface area contributed by atoms with Gasteiger partial charge in [-0.25, -0.2) is 0 Å². The summed E-state index contributed by atoms with van der Waals surface area (Å²) in [6, 6.07) is 9.04. The van der Waals surface area contributed by atoms with Crippen LogP contribution in [0.15, 0.2) is 42.7 Å². The van der Waals surface area contributed by atoms with Crippen molar-refractivity contribution in [2.24, 2.45) is 0 Å². The second kappa shape index (κ2) is 8.02. The van der Waals surface area contributed by atoms with Crippen LogP contribution in [0.3, 0.4) is 0 Å². The summed E-state index contributed by atoms with van der Waals surface area (Å²) in [5.74, 6) is 0.755. The highest BCUT2D eigenvalue weighted by atomic mass is 16.5. The first-order valence-corrected chi connectivity index (χ1v) is 7.34. The predicted octanol–water partition coefficient (Wildman–Crippen LogP) is 2.56. The van der Waals surface area contributed by atoms with Crippen molar-refractivity contribution in [3.05, 3.63) is 53.9 Å². The lowest BCUT2D eigenvalue weighted by atomic mass is 10.2. The molecule has 22 heavy (non-hydrogen) atoms. The maximum Gasteiger partial charge on any atom is 0.251 e. The van der Waals surface area contributed by atoms with E-state index in [0.29, 0.717) is 18.7 Å². The molecule has 0 saturated carbocycles. The second-order valence-electron chi connectivity index (χ2n) is 5.07. The van der Waals surface area contributed by atoms with Gasteiger partial charge in [0, 0.05) is 30.2 Å². The van der Waals surface area contributed by atoms with Crippen LogP contribution in [0.25, 0.3) is 0 Å². The van der Waals surface area contributed by atoms with Crippen molar-refractivity contribution >= 4 is 11.6 Å². The van der Waals surface area contributed by atoms with E-state index in [1.807, 2.05) is 25.1 Å². The standard InChI is InChI=1S/C17H21N3O2/c1-13-12-15(4-5-16(13)18)22-11-3-2-8-20-17(21)14-6-9-19-10-7-14/h4-7,9-10,12H,2-3,8,11,18H2,1H3,(H,20,21). The Morgan fingerprint density at radius 3 is 2.73 bits per heavy atom. The molecule has 5 heteroatoms. The summed E-state index contributed by atoms with van der Waals surface area (Å²) in [5.41, 5.74) is 8.17. The van der Waals surface area contributed by atoms with Crippen molar-refractivity contribution in [2.45, 2.75) is 19.8 Å². The molecule has 0 atom stereocenters. The van der Waals surface area contributed by atoms with Crippen molar-refractivity contribution in [1.29, 1.82) is 0 Å². The average Bonchev–Trinajstić information content (AvgIpc) is 2.54. The van der Waals surface area contributed by atoms with Gasteiger partial charge in [-0.15, -0.1) is 0 Å². The minimum atomic E-state index is -0.0718. The lowest BCUT2D eigenvalue weighted by Crippen LogP contribution is -2.24. The highest BCUT2D eigenvalue weighted by Gasteiger charge is 2.03. The molecule has 5 nitrogen and oxygen atoms in total. The number of amides is 1. The van der Waals surface area contributed by atoms with E-state index in [1.54, 1.807) is 24.5 Å². The fourth-order valence-corrected chi connectivity index (χ4v) is 1.96. The van der Waals surface area contributed by atoms with Crippen molar-refractivity contribution in [2.75, 3.05) is 18.9 Å². The van der Waals surface area contributed by atoms with E-state index < -0.39 is 0 Å². The lowest BCUT2D eigenvalue weighted by Gasteiger charge is -2.08. The van der Waals surface area contributed by atoms with Gasteiger partial charge in [0.15, 0.2) is 0 Å². The highest BCUT2D eigenvalue weighted by molar-refractivity contribution is 5.93. The Morgan fingerprint density at radius 2 is 2.00 bits per heavy atom. The fraction of sp³-hybridized carbons (Fsp3) is 0.294. The van der Waals surface area contributed by atoms with Gasteiger partial charge in [0.2, 0.25) is 0 Å². The number of nitrogens with two attached hydrogens (primary N) is 1. The molecule has 0 bridgehead atoms. The van der Waals surface area contributed by atoms with Gasteiger partial charge in [0.25, 0.3) is 5.91 Å². The summed E-state index contributed by atoms with van der Waals surface area (Å²) in [6.45, 7) is 3.20. The van der Waals surface area contributed by atoms with Gasteiger partial charge in [-0.3, -0.25) is 9.78 Å². The van der Waals surface area contributed by atoms with E-state index in [4.69, 9.17) is 10.5 Å². The summed E-state index contributed by atoms with van der Waals surface area (Å²) in [7, 11) is 0. The Balaban J connectivity index is 1.61. The summed E-state index contributed by atoms with van der Waals surface area (Å²) in [4.78, 5) is 15.7. The molecular weight excluding hydrogens is 278 g/mol. The number of nitrogens with zero attached hydrogens (tertiary/aromatic N) is 1. The Kier molecular flexibility index (Phi) is 5.77. The molecule has 1 aromatic heterocycles. The molecule has 0 saturated heterocycles. The van der Waals surface area contributed by atoms with E-state index in [9.17, 15) is 4.79 Å².